The molecule has 0 aliphatic rings. The fourth-order valence-electron chi connectivity index (χ4n) is 2.04. The number of thiazole rings is 2. The van der Waals surface area contributed by atoms with E-state index in [4.69, 9.17) is 5.26 Å². The Morgan fingerprint density at radius 2 is 1.62 bits per heavy atom. The Morgan fingerprint density at radius 3 is 2.14 bits per heavy atom. The van der Waals surface area contributed by atoms with Crippen molar-refractivity contribution in [1.29, 1.82) is 5.26 Å². The van der Waals surface area contributed by atoms with Crippen molar-refractivity contribution in [2.75, 3.05) is 6.61 Å². The zero-order valence-electron chi connectivity index (χ0n) is 21.4. The average molecular weight is 523 g/mol. The number of hydrogen-bond donors (Lipinski definition) is 2. The predicted octanol–water partition coefficient (Wildman–Crippen LogP) is -0.443. The molecule has 2 N–H and O–H groups in total. The molecular formula is C25H26Li2N5O3S2-. The molecule has 0 bridgehead atoms. The summed E-state index contributed by atoms with van der Waals surface area (Å²) in [6, 6.07) is 15.7. The predicted molar refractivity (Wildman–Crippen MR) is 143 cm³/mol. The van der Waals surface area contributed by atoms with Gasteiger partial charge < -0.3 is 34.2 Å². The van der Waals surface area contributed by atoms with Crippen molar-refractivity contribution < 1.29 is 39.2 Å². The molecule has 0 amide bonds. The maximum Gasteiger partial charge on any atom is 1.00 e. The number of nitriles is 1. The molecule has 2 aromatic heterocycles. The Hall–Kier alpha value is -2.72. The second kappa shape index (κ2) is 23.7. The topological polar surface area (TPSA) is 142 Å². The Balaban J connectivity index is 0. The molecule has 0 unspecified atom stereocenters. The number of nitrogens with one attached hydrogen (secondary N) is 1. The summed E-state index contributed by atoms with van der Waals surface area (Å²) in [6.07, 6.45) is 7.45. The smallest absolute Gasteiger partial charge is 1.00 e. The Bertz CT molecular complexity index is 1100. The summed E-state index contributed by atoms with van der Waals surface area (Å²) in [7, 11) is 0. The van der Waals surface area contributed by atoms with E-state index in [2.05, 4.69) is 20.0 Å². The van der Waals surface area contributed by atoms with Gasteiger partial charge in [0.15, 0.2) is 6.20 Å². The van der Waals surface area contributed by atoms with Gasteiger partial charge in [0.25, 0.3) is 0 Å². The molecule has 8 nitrogen and oxygen atoms in total. The number of aromatic nitrogens is 2. The molecule has 0 aliphatic heterocycles. The number of phenols is 1. The molecular weight excluding hydrogens is 496 g/mol. The van der Waals surface area contributed by atoms with E-state index in [1.165, 1.54) is 35.7 Å². The van der Waals surface area contributed by atoms with Crippen LogP contribution >= 0.6 is 22.7 Å². The first kappa shape index (κ1) is 36.4. The van der Waals surface area contributed by atoms with Crippen LogP contribution in [0.25, 0.3) is 0 Å². The van der Waals surface area contributed by atoms with Gasteiger partial charge in [-0.3, -0.25) is 0 Å². The van der Waals surface area contributed by atoms with E-state index in [0.717, 1.165) is 11.6 Å². The number of hydrogen-bond acceptors (Lipinski definition) is 9. The van der Waals surface area contributed by atoms with Gasteiger partial charge in [-0.1, -0.05) is 66.8 Å². The van der Waals surface area contributed by atoms with E-state index in [1.54, 1.807) is 61.2 Å². The number of aromatic hydroxyl groups is 1. The molecule has 2 heterocycles. The number of benzene rings is 2. The summed E-state index contributed by atoms with van der Waals surface area (Å²) in [5.74, 6) is 0.240. The summed E-state index contributed by atoms with van der Waals surface area (Å²) >= 11 is 2.95. The van der Waals surface area contributed by atoms with Gasteiger partial charge in [-0.25, -0.2) is 15.0 Å². The van der Waals surface area contributed by atoms with Crippen LogP contribution in [0.1, 0.15) is 31.4 Å². The van der Waals surface area contributed by atoms with E-state index >= 15 is 0 Å². The van der Waals surface area contributed by atoms with Crippen LogP contribution in [-0.2, 0) is 0 Å². The van der Waals surface area contributed by atoms with Gasteiger partial charge in [0.1, 0.15) is 5.75 Å². The quantitative estimate of drug-likeness (QED) is 0.269. The van der Waals surface area contributed by atoms with Crippen molar-refractivity contribution in [1.82, 2.24) is 9.97 Å². The van der Waals surface area contributed by atoms with Gasteiger partial charge in [0.05, 0.1) is 12.3 Å². The van der Waals surface area contributed by atoms with Gasteiger partial charge in [-0.2, -0.15) is 5.26 Å². The molecule has 0 saturated heterocycles. The van der Waals surface area contributed by atoms with Gasteiger partial charge in [0.2, 0.25) is 5.13 Å². The number of para-hydroxylation sites is 2. The molecule has 37 heavy (non-hydrogen) atoms. The normalized spacial score (nSPS) is 9.24. The maximum atomic E-state index is 11.3. The second-order valence-electron chi connectivity index (χ2n) is 6.22. The second-order valence-corrected chi connectivity index (χ2v) is 7.99. The van der Waals surface area contributed by atoms with Crippen molar-refractivity contribution in [3.63, 3.8) is 0 Å². The fourth-order valence-corrected chi connectivity index (χ4v) is 3.01. The molecule has 12 heteroatoms. The fraction of sp³-hybridized carbons (Fsp3) is 0.160. The first-order valence-corrected chi connectivity index (χ1v) is 12.2. The standard InChI is InChI=1S/2C10H8N2OS.C3H7O.C2H3N.2Li/c2*13-9-4-2-1-3-8(9)7-12-10-11-5-6-14-10;1-2-3-4;1-2-3;;/h2*1-7,13H;2-3H2,1H3;1H3;;/q;;-1;;-1;+1. The third-order valence-electron chi connectivity index (χ3n) is 3.58. The molecule has 4 rings (SSSR count). The van der Waals surface area contributed by atoms with Crippen LogP contribution < -0.4 is 34.1 Å². The molecule has 2 aromatic carbocycles. The molecule has 0 fully saturated rings. The summed E-state index contributed by atoms with van der Waals surface area (Å²) in [6.45, 7) is 3.37. The van der Waals surface area contributed by atoms with E-state index in [9.17, 15) is 15.3 Å². The summed E-state index contributed by atoms with van der Waals surface area (Å²) in [5.41, 5.74) is 1.34. The Labute approximate surface area is 249 Å². The molecule has 4 aromatic rings. The summed E-state index contributed by atoms with van der Waals surface area (Å²) in [4.78, 5) is 15.1. The van der Waals surface area contributed by atoms with E-state index in [1.807, 2.05) is 29.8 Å². The largest absolute Gasteiger partial charge is 1.00 e. The van der Waals surface area contributed by atoms with E-state index < -0.39 is 0 Å². The minimum absolute atomic E-state index is 0. The van der Waals surface area contributed by atoms with Crippen LogP contribution in [0.3, 0.4) is 0 Å². The van der Waals surface area contributed by atoms with E-state index in [0.29, 0.717) is 16.3 Å². The maximum absolute atomic E-state index is 11.3. The van der Waals surface area contributed by atoms with Gasteiger partial charge in [-0.15, -0.1) is 17.9 Å². The van der Waals surface area contributed by atoms with Crippen molar-refractivity contribution >= 4 is 64.2 Å². The number of aliphatic imine (C=N–C) groups is 1. The van der Waals surface area contributed by atoms with Gasteiger partial charge in [0, 0.05) is 41.2 Å². The molecule has 0 saturated carbocycles. The molecule has 2 radical (unpaired) electrons. The van der Waals surface area contributed by atoms with Crippen LogP contribution in [0.4, 0.5) is 10.3 Å². The van der Waals surface area contributed by atoms with Crippen molar-refractivity contribution in [3.05, 3.63) is 82.8 Å². The number of phenolic OH excluding ortho intramolecular Hbond substituents is 1. The van der Waals surface area contributed by atoms with Crippen LogP contribution in [0, 0.1) is 11.3 Å². The van der Waals surface area contributed by atoms with Crippen molar-refractivity contribution in [2.45, 2.75) is 20.3 Å². The van der Waals surface area contributed by atoms with Crippen LogP contribution in [0.5, 0.6) is 11.5 Å². The zero-order valence-corrected chi connectivity index (χ0v) is 23.0. The van der Waals surface area contributed by atoms with Gasteiger partial charge in [-0.05, 0) is 17.1 Å². The third-order valence-corrected chi connectivity index (χ3v) is 4.96. The summed E-state index contributed by atoms with van der Waals surface area (Å²) < 4.78 is 0. The van der Waals surface area contributed by atoms with Crippen LogP contribution in [0.2, 0.25) is 0 Å². The summed E-state index contributed by atoms with van der Waals surface area (Å²) in [5, 5.41) is 42.5. The number of rotatable bonds is 5. The minimum atomic E-state index is 0. The monoisotopic (exact) mass is 522 g/mol. The molecule has 0 aliphatic carbocycles. The van der Waals surface area contributed by atoms with Crippen LogP contribution in [-0.4, -0.2) is 53.0 Å². The molecule has 184 valence electrons. The third kappa shape index (κ3) is 16.6. The van der Waals surface area contributed by atoms with Crippen molar-refractivity contribution in [3.8, 4) is 17.6 Å². The molecule has 0 atom stereocenters. The Kier molecular flexibility index (Phi) is 23.3. The first-order chi connectivity index (χ1) is 17.0. The minimum Gasteiger partial charge on any atom is -1.00 e. The first-order valence-electron chi connectivity index (χ1n) is 10.4. The van der Waals surface area contributed by atoms with Gasteiger partial charge >= 0.3 is 24.0 Å². The number of nitrogens with zero attached hydrogens (tertiary/aromatic N) is 4. The average Bonchev–Trinajstić information content (AvgIpc) is 3.59. The molecule has 0 spiro atoms. The van der Waals surface area contributed by atoms with Crippen LogP contribution in [0.15, 0.2) is 76.7 Å². The van der Waals surface area contributed by atoms with Crippen molar-refractivity contribution in [2.24, 2.45) is 4.99 Å². The van der Waals surface area contributed by atoms with E-state index in [-0.39, 0.29) is 55.8 Å². The SMILES string of the molecule is CC#N.CCC[O-].Oc1ccccc1C=Nc1nccs1.[Li+].[Li-].[O-]c1ccccc1C=[NH+]c1nccs1. The zero-order chi connectivity index (χ0) is 25.7. The Morgan fingerprint density at radius 1 is 1.05 bits per heavy atom.